The van der Waals surface area contributed by atoms with Crippen molar-refractivity contribution >= 4 is 17.3 Å². The van der Waals surface area contributed by atoms with Crippen LogP contribution in [0.5, 0.6) is 5.75 Å². The molecule has 134 valence electrons. The zero-order chi connectivity index (χ0) is 18.6. The summed E-state index contributed by atoms with van der Waals surface area (Å²) in [6.45, 7) is 1.73. The number of aryl methyl sites for hydroxylation is 1. The van der Waals surface area contributed by atoms with Gasteiger partial charge in [0.05, 0.1) is 14.2 Å². The normalized spacial score (nSPS) is 12.0. The molecule has 0 saturated carbocycles. The number of carbonyl (C=O) groups excluding carboxylic acids is 1. The van der Waals surface area contributed by atoms with Gasteiger partial charge >= 0.3 is 12.1 Å². The van der Waals surface area contributed by atoms with E-state index in [2.05, 4.69) is 9.72 Å². The highest BCUT2D eigenvalue weighted by Gasteiger charge is 2.33. The lowest BCUT2D eigenvalue weighted by molar-refractivity contribution is -0.141. The Morgan fingerprint density at radius 1 is 1.28 bits per heavy atom. The largest absolute Gasteiger partial charge is 0.500 e. The molecule has 9 heteroatoms. The molecule has 0 radical (unpaired) electrons. The maximum Gasteiger partial charge on any atom is 0.434 e. The number of methoxy groups -OCH3 is 2. The molecule has 0 aliphatic heterocycles. The van der Waals surface area contributed by atoms with Crippen LogP contribution in [0, 0.1) is 6.92 Å². The van der Waals surface area contributed by atoms with Crippen molar-refractivity contribution in [3.8, 4) is 16.3 Å². The van der Waals surface area contributed by atoms with Gasteiger partial charge in [0, 0.05) is 10.9 Å². The second kappa shape index (κ2) is 7.56. The Bertz CT molecular complexity index is 799. The average Bonchev–Trinajstić information content (AvgIpc) is 3.06. The molecule has 1 aromatic heterocycles. The number of halogens is 3. The van der Waals surface area contributed by atoms with Crippen molar-refractivity contribution < 1.29 is 32.2 Å². The number of alkyl halides is 3. The van der Waals surface area contributed by atoms with Gasteiger partial charge < -0.3 is 14.2 Å². The maximum atomic E-state index is 12.7. The minimum absolute atomic E-state index is 0.188. The van der Waals surface area contributed by atoms with Crippen LogP contribution in [0.25, 0.3) is 10.6 Å². The fraction of sp³-hybridized carbons (Fsp3) is 0.250. The predicted molar refractivity (Wildman–Crippen MR) is 85.0 cm³/mol. The van der Waals surface area contributed by atoms with E-state index < -0.39 is 17.8 Å². The van der Waals surface area contributed by atoms with Gasteiger partial charge in [-0.15, -0.1) is 11.3 Å². The molecule has 0 atom stereocenters. The summed E-state index contributed by atoms with van der Waals surface area (Å²) >= 11 is 0.866. The minimum Gasteiger partial charge on any atom is -0.500 e. The van der Waals surface area contributed by atoms with Crippen LogP contribution in [0.1, 0.15) is 11.3 Å². The van der Waals surface area contributed by atoms with Crippen LogP contribution < -0.4 is 4.74 Å². The third-order valence-corrected chi connectivity index (χ3v) is 3.95. The van der Waals surface area contributed by atoms with Gasteiger partial charge in [-0.2, -0.15) is 13.2 Å². The number of rotatable bonds is 5. The first-order chi connectivity index (χ1) is 11.8. The van der Waals surface area contributed by atoms with Crippen molar-refractivity contribution in [3.63, 3.8) is 0 Å². The van der Waals surface area contributed by atoms with Crippen molar-refractivity contribution in [1.82, 2.24) is 4.98 Å². The quantitative estimate of drug-likeness (QED) is 0.447. The van der Waals surface area contributed by atoms with E-state index in [1.807, 2.05) is 0 Å². The van der Waals surface area contributed by atoms with E-state index in [0.717, 1.165) is 23.0 Å². The molecule has 0 amide bonds. The SMILES string of the molecule is CO/C=C(\Oc1cc(-c2nc(C(F)(F)F)cs2)ccc1C)C(=O)OC. The van der Waals surface area contributed by atoms with Crippen LogP contribution in [0.3, 0.4) is 0 Å². The van der Waals surface area contributed by atoms with E-state index >= 15 is 0 Å². The molecule has 0 aliphatic carbocycles. The molecular weight excluding hydrogens is 359 g/mol. The number of hydrogen-bond donors (Lipinski definition) is 0. The third kappa shape index (κ3) is 4.50. The van der Waals surface area contributed by atoms with E-state index in [1.54, 1.807) is 19.1 Å². The van der Waals surface area contributed by atoms with Gasteiger partial charge in [-0.3, -0.25) is 0 Å². The Balaban J connectivity index is 2.36. The molecule has 25 heavy (non-hydrogen) atoms. The lowest BCUT2D eigenvalue weighted by atomic mass is 10.1. The minimum atomic E-state index is -4.50. The van der Waals surface area contributed by atoms with Crippen molar-refractivity contribution in [2.75, 3.05) is 14.2 Å². The average molecular weight is 373 g/mol. The summed E-state index contributed by atoms with van der Waals surface area (Å²) in [7, 11) is 2.52. The molecule has 0 fully saturated rings. The second-order valence-corrected chi connectivity index (χ2v) is 5.69. The van der Waals surface area contributed by atoms with Crippen molar-refractivity contribution in [1.29, 1.82) is 0 Å². The first-order valence-corrected chi connectivity index (χ1v) is 7.77. The molecule has 0 bridgehead atoms. The fourth-order valence-corrected chi connectivity index (χ4v) is 2.64. The lowest BCUT2D eigenvalue weighted by Gasteiger charge is -2.11. The van der Waals surface area contributed by atoms with Gasteiger partial charge in [0.25, 0.3) is 0 Å². The zero-order valence-corrected chi connectivity index (χ0v) is 14.3. The first-order valence-electron chi connectivity index (χ1n) is 6.89. The van der Waals surface area contributed by atoms with Gasteiger partial charge in [-0.25, -0.2) is 9.78 Å². The number of carbonyl (C=O) groups is 1. The lowest BCUT2D eigenvalue weighted by Crippen LogP contribution is -2.11. The van der Waals surface area contributed by atoms with E-state index in [9.17, 15) is 18.0 Å². The van der Waals surface area contributed by atoms with Gasteiger partial charge in [0.2, 0.25) is 5.76 Å². The summed E-state index contributed by atoms with van der Waals surface area (Å²) in [5, 5.41) is 1.13. The summed E-state index contributed by atoms with van der Waals surface area (Å²) in [5.41, 5.74) is 0.148. The van der Waals surface area contributed by atoms with E-state index in [-0.39, 0.29) is 16.5 Å². The Labute approximate surface area is 145 Å². The Morgan fingerprint density at radius 2 is 2.00 bits per heavy atom. The fourth-order valence-electron chi connectivity index (χ4n) is 1.82. The second-order valence-electron chi connectivity index (χ2n) is 4.83. The third-order valence-electron chi connectivity index (χ3n) is 3.06. The van der Waals surface area contributed by atoms with E-state index in [1.165, 1.54) is 20.3 Å². The van der Waals surface area contributed by atoms with Crippen LogP contribution >= 0.6 is 11.3 Å². The molecule has 2 aromatic rings. The molecule has 5 nitrogen and oxygen atoms in total. The highest BCUT2D eigenvalue weighted by atomic mass is 32.1. The van der Waals surface area contributed by atoms with Gasteiger partial charge in [0.1, 0.15) is 17.0 Å². The number of thiazole rings is 1. The van der Waals surface area contributed by atoms with Gasteiger partial charge in [-0.1, -0.05) is 12.1 Å². The monoisotopic (exact) mass is 373 g/mol. The van der Waals surface area contributed by atoms with Crippen molar-refractivity contribution in [3.05, 3.63) is 46.9 Å². The molecule has 1 aromatic carbocycles. The number of hydrogen-bond acceptors (Lipinski definition) is 6. The number of nitrogens with zero attached hydrogens (tertiary/aromatic N) is 1. The van der Waals surface area contributed by atoms with Crippen molar-refractivity contribution in [2.24, 2.45) is 0 Å². The van der Waals surface area contributed by atoms with E-state index in [4.69, 9.17) is 9.47 Å². The van der Waals surface area contributed by atoms with Crippen LogP contribution in [0.4, 0.5) is 13.2 Å². The van der Waals surface area contributed by atoms with Crippen LogP contribution in [-0.2, 0) is 20.4 Å². The maximum absolute atomic E-state index is 12.7. The highest BCUT2D eigenvalue weighted by molar-refractivity contribution is 7.13. The number of benzene rings is 1. The van der Waals surface area contributed by atoms with Gasteiger partial charge in [-0.05, 0) is 18.6 Å². The van der Waals surface area contributed by atoms with Crippen LogP contribution in [-0.4, -0.2) is 25.2 Å². The van der Waals surface area contributed by atoms with Crippen LogP contribution in [0.2, 0.25) is 0 Å². The summed E-state index contributed by atoms with van der Waals surface area (Å²) in [4.78, 5) is 15.3. The Kier molecular flexibility index (Phi) is 5.68. The number of esters is 1. The van der Waals surface area contributed by atoms with Gasteiger partial charge in [0.15, 0.2) is 5.69 Å². The molecule has 0 spiro atoms. The topological polar surface area (TPSA) is 57.7 Å². The standard InChI is InChI=1S/C16H14F3NO4S/c1-9-4-5-10(14-20-13(8-25-14)16(17,18)19)6-11(9)24-12(7-22-2)15(21)23-3/h4-8H,1-3H3/b12-7-. The van der Waals surface area contributed by atoms with Crippen molar-refractivity contribution in [2.45, 2.75) is 13.1 Å². The molecule has 0 N–H and O–H groups in total. The smallest absolute Gasteiger partial charge is 0.434 e. The van der Waals surface area contributed by atoms with Crippen LogP contribution in [0.15, 0.2) is 35.6 Å². The first kappa shape index (κ1) is 18.8. The molecule has 0 saturated heterocycles. The molecule has 2 rings (SSSR count). The summed E-state index contributed by atoms with van der Waals surface area (Å²) in [6.07, 6.45) is -3.43. The predicted octanol–water partition coefficient (Wildman–Crippen LogP) is 4.18. The summed E-state index contributed by atoms with van der Waals surface area (Å²) < 4.78 is 52.9. The zero-order valence-electron chi connectivity index (χ0n) is 13.5. The van der Waals surface area contributed by atoms with E-state index in [0.29, 0.717) is 11.1 Å². The molecule has 0 unspecified atom stereocenters. The number of aromatic nitrogens is 1. The number of ether oxygens (including phenoxy) is 3. The molecular formula is C16H14F3NO4S. The summed E-state index contributed by atoms with van der Waals surface area (Å²) in [6, 6.07) is 4.78. The Morgan fingerprint density at radius 3 is 2.56 bits per heavy atom. The summed E-state index contributed by atoms with van der Waals surface area (Å²) in [5.74, 6) is -0.671. The molecule has 1 heterocycles. The molecule has 0 aliphatic rings. The Hall–Kier alpha value is -2.55. The highest BCUT2D eigenvalue weighted by Crippen LogP contribution is 2.35.